The first-order valence-corrected chi connectivity index (χ1v) is 7.09. The van der Waals surface area contributed by atoms with Crippen molar-refractivity contribution in [3.05, 3.63) is 18.0 Å². The predicted octanol–water partition coefficient (Wildman–Crippen LogP) is 1.45. The molecule has 2 rings (SSSR count). The molecule has 0 unspecified atom stereocenters. The van der Waals surface area contributed by atoms with Gasteiger partial charge in [0.2, 0.25) is 5.95 Å². The highest BCUT2D eigenvalue weighted by molar-refractivity contribution is 5.30. The Bertz CT molecular complexity index is 360. The molecule has 5 heteroatoms. The Hall–Kier alpha value is -1.20. The molecule has 1 saturated heterocycles. The molecule has 0 atom stereocenters. The van der Waals surface area contributed by atoms with E-state index in [4.69, 9.17) is 4.74 Å². The van der Waals surface area contributed by atoms with Gasteiger partial charge in [0, 0.05) is 51.3 Å². The van der Waals surface area contributed by atoms with E-state index < -0.39 is 0 Å². The second kappa shape index (κ2) is 7.40. The first-order chi connectivity index (χ1) is 9.33. The first kappa shape index (κ1) is 14.2. The van der Waals surface area contributed by atoms with Gasteiger partial charge in [-0.3, -0.25) is 0 Å². The minimum absolute atomic E-state index is 0.689. The SMILES string of the molecule is CCNCc1cnc(N2CCC(COC)CC2)nc1. The normalized spacial score (nSPS) is 16.8. The summed E-state index contributed by atoms with van der Waals surface area (Å²) < 4.78 is 5.22. The van der Waals surface area contributed by atoms with E-state index >= 15 is 0 Å². The second-order valence-electron chi connectivity index (χ2n) is 5.06. The maximum atomic E-state index is 5.22. The third-order valence-electron chi connectivity index (χ3n) is 3.57. The van der Waals surface area contributed by atoms with Crippen LogP contribution >= 0.6 is 0 Å². The molecule has 1 aliphatic rings. The lowest BCUT2D eigenvalue weighted by atomic mass is 9.98. The number of aromatic nitrogens is 2. The number of hydrogen-bond acceptors (Lipinski definition) is 5. The fourth-order valence-electron chi connectivity index (χ4n) is 2.41. The smallest absolute Gasteiger partial charge is 0.225 e. The summed E-state index contributed by atoms with van der Waals surface area (Å²) in [4.78, 5) is 11.2. The van der Waals surface area contributed by atoms with E-state index in [1.807, 2.05) is 12.4 Å². The Labute approximate surface area is 115 Å². The van der Waals surface area contributed by atoms with Crippen LogP contribution in [0, 0.1) is 5.92 Å². The van der Waals surface area contributed by atoms with Gasteiger partial charge in [0.15, 0.2) is 0 Å². The van der Waals surface area contributed by atoms with E-state index in [-0.39, 0.29) is 0 Å². The predicted molar refractivity (Wildman–Crippen MR) is 76.2 cm³/mol. The average Bonchev–Trinajstić information content (AvgIpc) is 2.47. The van der Waals surface area contributed by atoms with Gasteiger partial charge in [-0.15, -0.1) is 0 Å². The Kier molecular flexibility index (Phi) is 5.54. The summed E-state index contributed by atoms with van der Waals surface area (Å²) in [6.45, 7) is 6.83. The molecule has 1 fully saturated rings. The number of nitrogens with zero attached hydrogens (tertiary/aromatic N) is 3. The van der Waals surface area contributed by atoms with Gasteiger partial charge in [-0.05, 0) is 25.3 Å². The minimum atomic E-state index is 0.689. The van der Waals surface area contributed by atoms with Crippen molar-refractivity contribution >= 4 is 5.95 Å². The summed E-state index contributed by atoms with van der Waals surface area (Å²) in [5.41, 5.74) is 1.14. The summed E-state index contributed by atoms with van der Waals surface area (Å²) in [6, 6.07) is 0. The number of piperidine rings is 1. The number of methoxy groups -OCH3 is 1. The molecule has 0 spiro atoms. The average molecular weight is 264 g/mol. The first-order valence-electron chi connectivity index (χ1n) is 7.09. The fourth-order valence-corrected chi connectivity index (χ4v) is 2.41. The standard InChI is InChI=1S/C14H24N4O/c1-3-15-8-13-9-16-14(17-10-13)18-6-4-12(5-7-18)11-19-2/h9-10,12,15H,3-8,11H2,1-2H3. The van der Waals surface area contributed by atoms with Crippen molar-refractivity contribution in [2.45, 2.75) is 26.3 Å². The number of anilines is 1. The maximum absolute atomic E-state index is 5.22. The molecule has 2 heterocycles. The molecule has 1 aliphatic heterocycles. The van der Waals surface area contributed by atoms with Gasteiger partial charge in [-0.1, -0.05) is 6.92 Å². The fraction of sp³-hybridized carbons (Fsp3) is 0.714. The molecule has 0 radical (unpaired) electrons. The zero-order valence-electron chi connectivity index (χ0n) is 11.9. The summed E-state index contributed by atoms with van der Waals surface area (Å²) in [5.74, 6) is 1.55. The van der Waals surface area contributed by atoms with Gasteiger partial charge in [0.25, 0.3) is 0 Å². The lowest BCUT2D eigenvalue weighted by molar-refractivity contribution is 0.139. The van der Waals surface area contributed by atoms with E-state index in [0.717, 1.165) is 57.1 Å². The Balaban J connectivity index is 1.85. The van der Waals surface area contributed by atoms with Crippen molar-refractivity contribution in [1.29, 1.82) is 0 Å². The van der Waals surface area contributed by atoms with Crippen LogP contribution in [0.2, 0.25) is 0 Å². The minimum Gasteiger partial charge on any atom is -0.384 e. The molecule has 1 aromatic rings. The van der Waals surface area contributed by atoms with Gasteiger partial charge in [0.05, 0.1) is 0 Å². The van der Waals surface area contributed by atoms with E-state index in [0.29, 0.717) is 5.92 Å². The molecular weight excluding hydrogens is 240 g/mol. The van der Waals surface area contributed by atoms with Crippen LogP contribution in [0.1, 0.15) is 25.3 Å². The monoisotopic (exact) mass is 264 g/mol. The molecule has 0 amide bonds. The van der Waals surface area contributed by atoms with E-state index in [2.05, 4.69) is 27.1 Å². The quantitative estimate of drug-likeness (QED) is 0.843. The van der Waals surface area contributed by atoms with Crippen molar-refractivity contribution in [3.8, 4) is 0 Å². The van der Waals surface area contributed by atoms with Gasteiger partial charge in [-0.2, -0.15) is 0 Å². The highest BCUT2D eigenvalue weighted by Gasteiger charge is 2.20. The number of ether oxygens (including phenoxy) is 1. The Morgan fingerprint density at radius 2 is 2.00 bits per heavy atom. The zero-order valence-corrected chi connectivity index (χ0v) is 11.9. The van der Waals surface area contributed by atoms with Crippen LogP contribution in [0.3, 0.4) is 0 Å². The highest BCUT2D eigenvalue weighted by Crippen LogP contribution is 2.20. The van der Waals surface area contributed by atoms with Crippen molar-refractivity contribution in [2.75, 3.05) is 38.3 Å². The topological polar surface area (TPSA) is 50.3 Å². The number of rotatable bonds is 6. The molecule has 0 bridgehead atoms. The van der Waals surface area contributed by atoms with Crippen LogP contribution in [0.25, 0.3) is 0 Å². The lowest BCUT2D eigenvalue weighted by Gasteiger charge is -2.31. The van der Waals surface area contributed by atoms with Gasteiger partial charge < -0.3 is 15.0 Å². The molecule has 0 aliphatic carbocycles. The molecular formula is C14H24N4O. The van der Waals surface area contributed by atoms with Crippen molar-refractivity contribution in [1.82, 2.24) is 15.3 Å². The second-order valence-corrected chi connectivity index (χ2v) is 5.06. The van der Waals surface area contributed by atoms with Crippen LogP contribution in [0.4, 0.5) is 5.95 Å². The zero-order chi connectivity index (χ0) is 13.5. The van der Waals surface area contributed by atoms with E-state index in [1.54, 1.807) is 7.11 Å². The summed E-state index contributed by atoms with van der Waals surface area (Å²) >= 11 is 0. The Morgan fingerprint density at radius 3 is 2.58 bits per heavy atom. The molecule has 106 valence electrons. The van der Waals surface area contributed by atoms with Crippen LogP contribution < -0.4 is 10.2 Å². The van der Waals surface area contributed by atoms with Crippen molar-refractivity contribution in [3.63, 3.8) is 0 Å². The van der Waals surface area contributed by atoms with Crippen molar-refractivity contribution < 1.29 is 4.74 Å². The molecule has 0 saturated carbocycles. The lowest BCUT2D eigenvalue weighted by Crippen LogP contribution is -2.36. The highest BCUT2D eigenvalue weighted by atomic mass is 16.5. The maximum Gasteiger partial charge on any atom is 0.225 e. The van der Waals surface area contributed by atoms with Crippen LogP contribution in [-0.2, 0) is 11.3 Å². The Morgan fingerprint density at radius 1 is 1.32 bits per heavy atom. The molecule has 1 aromatic heterocycles. The summed E-state index contributed by atoms with van der Waals surface area (Å²) in [5, 5.41) is 3.28. The molecule has 1 N–H and O–H groups in total. The van der Waals surface area contributed by atoms with Gasteiger partial charge in [0.1, 0.15) is 0 Å². The molecule has 5 nitrogen and oxygen atoms in total. The van der Waals surface area contributed by atoms with Crippen molar-refractivity contribution in [2.24, 2.45) is 5.92 Å². The van der Waals surface area contributed by atoms with Gasteiger partial charge in [-0.25, -0.2) is 9.97 Å². The van der Waals surface area contributed by atoms with Crippen LogP contribution in [0.5, 0.6) is 0 Å². The van der Waals surface area contributed by atoms with E-state index in [9.17, 15) is 0 Å². The molecule has 19 heavy (non-hydrogen) atoms. The molecule has 0 aromatic carbocycles. The third-order valence-corrected chi connectivity index (χ3v) is 3.57. The van der Waals surface area contributed by atoms with E-state index in [1.165, 1.54) is 0 Å². The van der Waals surface area contributed by atoms with Crippen LogP contribution in [0.15, 0.2) is 12.4 Å². The number of hydrogen-bond donors (Lipinski definition) is 1. The summed E-state index contributed by atoms with van der Waals surface area (Å²) in [7, 11) is 1.78. The van der Waals surface area contributed by atoms with Crippen LogP contribution in [-0.4, -0.2) is 43.3 Å². The third kappa shape index (κ3) is 4.14. The van der Waals surface area contributed by atoms with Gasteiger partial charge >= 0.3 is 0 Å². The largest absolute Gasteiger partial charge is 0.384 e. The summed E-state index contributed by atoms with van der Waals surface area (Å²) in [6.07, 6.45) is 6.17. The number of nitrogens with one attached hydrogen (secondary N) is 1.